The van der Waals surface area contributed by atoms with Crippen LogP contribution in [0, 0.1) is 12.8 Å². The molecule has 0 aliphatic carbocycles. The molecule has 0 unspecified atom stereocenters. The van der Waals surface area contributed by atoms with Crippen LogP contribution >= 0.6 is 0 Å². The zero-order chi connectivity index (χ0) is 25.6. The summed E-state index contributed by atoms with van der Waals surface area (Å²) < 4.78 is 12.3. The number of aromatic nitrogens is 2. The van der Waals surface area contributed by atoms with E-state index in [1.54, 1.807) is 38.6 Å². The Labute approximate surface area is 201 Å². The average Bonchev–Trinajstić information content (AvgIpc) is 2.73. The summed E-state index contributed by atoms with van der Waals surface area (Å²) in [4.78, 5) is 27.1. The van der Waals surface area contributed by atoms with Gasteiger partial charge in [-0.05, 0) is 64.0 Å². The summed E-state index contributed by atoms with van der Waals surface area (Å²) in [6.07, 6.45) is 4.97. The van der Waals surface area contributed by atoms with Crippen LogP contribution < -0.4 is 16.0 Å². The lowest BCUT2D eigenvalue weighted by atomic mass is 10.0. The van der Waals surface area contributed by atoms with Gasteiger partial charge in [-0.25, -0.2) is 4.79 Å². The summed E-state index contributed by atoms with van der Waals surface area (Å²) in [5.41, 5.74) is 6.78. The smallest absolute Gasteiger partial charge is 0.405 e. The molecule has 0 saturated heterocycles. The Morgan fingerprint density at radius 2 is 1.94 bits per heavy atom. The number of benzene rings is 1. The maximum atomic E-state index is 12.8. The van der Waals surface area contributed by atoms with E-state index in [-0.39, 0.29) is 5.56 Å². The van der Waals surface area contributed by atoms with Crippen LogP contribution in [-0.2, 0) is 11.8 Å². The van der Waals surface area contributed by atoms with Crippen molar-refractivity contribution in [1.82, 2.24) is 9.55 Å². The summed E-state index contributed by atoms with van der Waals surface area (Å²) in [5, 5.41) is 2.60. The van der Waals surface area contributed by atoms with Crippen LogP contribution in [0.3, 0.4) is 0 Å². The van der Waals surface area contributed by atoms with E-state index >= 15 is 0 Å². The second kappa shape index (κ2) is 11.2. The summed E-state index contributed by atoms with van der Waals surface area (Å²) in [5.74, 6) is 1.44. The third-order valence-corrected chi connectivity index (χ3v) is 5.25. The van der Waals surface area contributed by atoms with Crippen LogP contribution in [0.4, 0.5) is 4.79 Å². The van der Waals surface area contributed by atoms with E-state index in [9.17, 15) is 9.59 Å². The molecule has 2 N–H and O–H groups in total. The van der Waals surface area contributed by atoms with Crippen LogP contribution in [-0.4, -0.2) is 27.9 Å². The van der Waals surface area contributed by atoms with Crippen molar-refractivity contribution < 1.29 is 14.3 Å². The van der Waals surface area contributed by atoms with Gasteiger partial charge in [0.1, 0.15) is 11.4 Å². The van der Waals surface area contributed by atoms with Crippen molar-refractivity contribution >= 4 is 33.8 Å². The summed E-state index contributed by atoms with van der Waals surface area (Å²) in [6.45, 7) is 16.2. The second-order valence-electron chi connectivity index (χ2n) is 9.71. The van der Waals surface area contributed by atoms with Gasteiger partial charge < -0.3 is 19.8 Å². The van der Waals surface area contributed by atoms with Gasteiger partial charge in [-0.2, -0.15) is 0 Å². The van der Waals surface area contributed by atoms with E-state index in [0.29, 0.717) is 17.9 Å². The number of hydrogen-bond donors (Lipinski definition) is 1. The Kier molecular flexibility index (Phi) is 8.85. The van der Waals surface area contributed by atoms with Gasteiger partial charge in [-0.15, -0.1) is 0 Å². The Morgan fingerprint density at radius 1 is 1.26 bits per heavy atom. The molecule has 1 aromatic carbocycles. The van der Waals surface area contributed by atoms with Crippen molar-refractivity contribution in [3.63, 3.8) is 0 Å². The Hall–Kier alpha value is -3.35. The van der Waals surface area contributed by atoms with Crippen LogP contribution in [0.15, 0.2) is 35.8 Å². The third kappa shape index (κ3) is 6.83. The van der Waals surface area contributed by atoms with Crippen molar-refractivity contribution in [1.29, 1.82) is 0 Å². The maximum Gasteiger partial charge on any atom is 0.405 e. The number of hydrogen-bond acceptors (Lipinski definition) is 5. The molecule has 0 spiro atoms. The molecule has 2 heterocycles. The van der Waals surface area contributed by atoms with E-state index < -0.39 is 11.7 Å². The minimum absolute atomic E-state index is 0.0322. The van der Waals surface area contributed by atoms with Crippen molar-refractivity contribution in [2.75, 3.05) is 6.61 Å². The number of nitrogens with two attached hydrogens (primary N) is 1. The van der Waals surface area contributed by atoms with Gasteiger partial charge in [0.15, 0.2) is 0 Å². The molecule has 184 valence electrons. The highest BCUT2D eigenvalue weighted by molar-refractivity contribution is 6.07. The molecular formula is C27H37N3O4. The van der Waals surface area contributed by atoms with Crippen LogP contribution in [0.2, 0.25) is 0 Å². The number of pyridine rings is 2. The summed E-state index contributed by atoms with van der Waals surface area (Å²) in [6, 6.07) is 5.92. The molecule has 0 aliphatic heterocycles. The van der Waals surface area contributed by atoms with Gasteiger partial charge in [0.2, 0.25) is 0 Å². The van der Waals surface area contributed by atoms with Crippen LogP contribution in [0.1, 0.15) is 58.7 Å². The quantitative estimate of drug-likeness (QED) is 0.369. The molecule has 3 aromatic rings. The lowest BCUT2D eigenvalue weighted by Crippen LogP contribution is -2.27. The first kappa shape index (κ1) is 26.9. The summed E-state index contributed by atoms with van der Waals surface area (Å²) >= 11 is 0. The first-order chi connectivity index (χ1) is 15.9. The molecule has 0 aliphatic rings. The number of rotatable bonds is 6. The van der Waals surface area contributed by atoms with Gasteiger partial charge in [-0.1, -0.05) is 26.5 Å². The van der Waals surface area contributed by atoms with Crippen molar-refractivity contribution in [2.24, 2.45) is 18.7 Å². The fourth-order valence-corrected chi connectivity index (χ4v) is 3.68. The Balaban J connectivity index is 0.000000440. The molecular weight excluding hydrogens is 430 g/mol. The first-order valence-corrected chi connectivity index (χ1v) is 11.5. The van der Waals surface area contributed by atoms with Gasteiger partial charge >= 0.3 is 6.09 Å². The Morgan fingerprint density at radius 3 is 2.47 bits per heavy atom. The van der Waals surface area contributed by atoms with Crippen LogP contribution in [0.5, 0.6) is 5.75 Å². The molecule has 0 atom stereocenters. The molecule has 3 rings (SSSR count). The fraction of sp³-hybridized carbons (Fsp3) is 0.444. The number of aryl methyl sites for hydroxylation is 2. The molecule has 0 bridgehead atoms. The second-order valence-corrected chi connectivity index (χ2v) is 9.71. The predicted octanol–water partition coefficient (Wildman–Crippen LogP) is 5.73. The maximum absolute atomic E-state index is 12.8. The molecule has 2 aromatic heterocycles. The van der Waals surface area contributed by atoms with E-state index in [4.69, 9.17) is 10.5 Å². The lowest BCUT2D eigenvalue weighted by Gasteiger charge is -2.16. The highest BCUT2D eigenvalue weighted by Crippen LogP contribution is 2.31. The van der Waals surface area contributed by atoms with Crippen molar-refractivity contribution in [2.45, 2.75) is 60.0 Å². The lowest BCUT2D eigenvalue weighted by molar-refractivity contribution is 0.0600. The van der Waals surface area contributed by atoms with E-state index in [2.05, 4.69) is 36.2 Å². The highest BCUT2D eigenvalue weighted by Gasteiger charge is 2.14. The van der Waals surface area contributed by atoms with Gasteiger partial charge in [0.25, 0.3) is 5.56 Å². The number of carbonyl (C=O) groups excluding carboxylic acids is 1. The normalized spacial score (nSPS) is 11.3. The summed E-state index contributed by atoms with van der Waals surface area (Å²) in [7, 11) is 1.80. The molecule has 34 heavy (non-hydrogen) atoms. The zero-order valence-corrected chi connectivity index (χ0v) is 21.4. The Bertz CT molecular complexity index is 1240. The van der Waals surface area contributed by atoms with Crippen LogP contribution in [0.25, 0.3) is 27.8 Å². The average molecular weight is 468 g/mol. The predicted molar refractivity (Wildman–Crippen MR) is 139 cm³/mol. The minimum Gasteiger partial charge on any atom is -0.493 e. The number of ether oxygens (including phenoxy) is 2. The first-order valence-electron chi connectivity index (χ1n) is 11.5. The van der Waals surface area contributed by atoms with Crippen molar-refractivity contribution in [3.05, 3.63) is 52.6 Å². The number of fused-ring (bicyclic) bond motifs is 3. The standard InChI is InChI=1S/C22H26N2O2.C5H11NO2/c1-6-16-12-18-17-9-10-23-15(4)21(17)22(25)24(5)19(18)13-20(16)26-11-7-8-14(2)3;1-5(2,3)8-4(6)7/h6,9-10,12-14H,1,7-8,11H2,2-5H3;1-3H3,(H2,6,7). The molecule has 0 saturated carbocycles. The largest absolute Gasteiger partial charge is 0.493 e. The third-order valence-electron chi connectivity index (χ3n) is 5.25. The number of nitrogens with zero attached hydrogens (tertiary/aromatic N) is 2. The highest BCUT2D eigenvalue weighted by atomic mass is 16.6. The van der Waals surface area contributed by atoms with Gasteiger partial charge in [0.05, 0.1) is 23.2 Å². The van der Waals surface area contributed by atoms with Gasteiger partial charge in [-0.3, -0.25) is 9.78 Å². The number of carbonyl (C=O) groups is 1. The van der Waals surface area contributed by atoms with E-state index in [0.717, 1.165) is 46.1 Å². The zero-order valence-electron chi connectivity index (χ0n) is 21.4. The SMILES string of the molecule is C=Cc1cc2c3ccnc(C)c3c(=O)n(C)c2cc1OCCCC(C)C.CC(C)(C)OC(N)=O. The molecule has 0 radical (unpaired) electrons. The van der Waals surface area contributed by atoms with Crippen molar-refractivity contribution in [3.8, 4) is 5.75 Å². The van der Waals surface area contributed by atoms with E-state index in [1.165, 1.54) is 0 Å². The minimum atomic E-state index is -0.725. The monoisotopic (exact) mass is 467 g/mol. The van der Waals surface area contributed by atoms with E-state index in [1.807, 2.05) is 25.1 Å². The number of amides is 1. The number of primary amides is 1. The molecule has 7 heteroatoms. The van der Waals surface area contributed by atoms with Gasteiger partial charge in [0, 0.05) is 30.3 Å². The molecule has 7 nitrogen and oxygen atoms in total. The molecule has 1 amide bonds. The fourth-order valence-electron chi connectivity index (χ4n) is 3.68. The topological polar surface area (TPSA) is 96.4 Å². The molecule has 0 fully saturated rings.